The van der Waals surface area contributed by atoms with E-state index in [9.17, 15) is 0 Å². The lowest BCUT2D eigenvalue weighted by molar-refractivity contribution is 0.898. The molecule has 0 atom stereocenters. The van der Waals surface area contributed by atoms with Gasteiger partial charge in [0.25, 0.3) is 0 Å². The number of aryl methyl sites for hydroxylation is 1. The summed E-state index contributed by atoms with van der Waals surface area (Å²) in [5.74, 6) is 0.798. The van der Waals surface area contributed by atoms with Gasteiger partial charge in [0.1, 0.15) is 5.01 Å². The van der Waals surface area contributed by atoms with E-state index < -0.39 is 0 Å². The van der Waals surface area contributed by atoms with Crippen LogP contribution in [0.3, 0.4) is 0 Å². The second-order valence-electron chi connectivity index (χ2n) is 3.36. The molecule has 80 valence electrons. The van der Waals surface area contributed by atoms with Gasteiger partial charge in [-0.3, -0.25) is 0 Å². The molecular weight excluding hydrogens is 244 g/mol. The summed E-state index contributed by atoms with van der Waals surface area (Å²) < 4.78 is 1.74. The lowest BCUT2D eigenvalue weighted by Gasteiger charge is -1.94. The fraction of sp³-hybridized carbons (Fsp3) is 0.100. The van der Waals surface area contributed by atoms with Crippen LogP contribution in [-0.2, 0) is 0 Å². The molecule has 16 heavy (non-hydrogen) atoms. The zero-order chi connectivity index (χ0) is 11.1. The quantitative estimate of drug-likeness (QED) is 0.667. The van der Waals surface area contributed by atoms with Gasteiger partial charge >= 0.3 is 0 Å². The third-order valence-electron chi connectivity index (χ3n) is 2.24. The molecule has 1 aromatic carbocycles. The highest BCUT2D eigenvalue weighted by atomic mass is 35.5. The van der Waals surface area contributed by atoms with Crippen LogP contribution in [0.25, 0.3) is 15.5 Å². The molecule has 0 aliphatic heterocycles. The second-order valence-corrected chi connectivity index (χ2v) is 4.75. The van der Waals surface area contributed by atoms with Crippen molar-refractivity contribution in [1.82, 2.24) is 19.8 Å². The summed E-state index contributed by atoms with van der Waals surface area (Å²) in [6.45, 7) is 1.88. The van der Waals surface area contributed by atoms with Crippen LogP contribution in [0.2, 0.25) is 5.02 Å². The summed E-state index contributed by atoms with van der Waals surface area (Å²) >= 11 is 7.35. The third-order valence-corrected chi connectivity index (χ3v) is 3.44. The zero-order valence-electron chi connectivity index (χ0n) is 8.38. The van der Waals surface area contributed by atoms with Crippen LogP contribution in [0.5, 0.6) is 0 Å². The van der Waals surface area contributed by atoms with Crippen molar-refractivity contribution in [3.05, 3.63) is 35.1 Å². The van der Waals surface area contributed by atoms with Gasteiger partial charge in [-0.25, -0.2) is 0 Å². The molecule has 2 aromatic heterocycles. The van der Waals surface area contributed by atoms with Gasteiger partial charge in [0.2, 0.25) is 4.96 Å². The second kappa shape index (κ2) is 3.54. The Kier molecular flexibility index (Phi) is 2.15. The van der Waals surface area contributed by atoms with Crippen LogP contribution in [0.15, 0.2) is 24.3 Å². The van der Waals surface area contributed by atoms with E-state index in [0.717, 1.165) is 26.4 Å². The summed E-state index contributed by atoms with van der Waals surface area (Å²) in [6, 6.07) is 7.60. The maximum absolute atomic E-state index is 5.84. The Labute approximate surface area is 101 Å². The molecule has 4 nitrogen and oxygen atoms in total. The maximum atomic E-state index is 5.84. The summed E-state index contributed by atoms with van der Waals surface area (Å²) in [6.07, 6.45) is 0. The number of hydrogen-bond donors (Lipinski definition) is 0. The number of rotatable bonds is 1. The summed E-state index contributed by atoms with van der Waals surface area (Å²) in [7, 11) is 0. The van der Waals surface area contributed by atoms with E-state index in [1.54, 1.807) is 4.52 Å². The van der Waals surface area contributed by atoms with E-state index >= 15 is 0 Å². The molecule has 0 saturated heterocycles. The van der Waals surface area contributed by atoms with Crippen molar-refractivity contribution < 1.29 is 0 Å². The lowest BCUT2D eigenvalue weighted by atomic mass is 10.2. The van der Waals surface area contributed by atoms with Crippen molar-refractivity contribution >= 4 is 27.9 Å². The zero-order valence-corrected chi connectivity index (χ0v) is 9.96. The predicted molar refractivity (Wildman–Crippen MR) is 63.8 cm³/mol. The monoisotopic (exact) mass is 250 g/mol. The van der Waals surface area contributed by atoms with Gasteiger partial charge in [0, 0.05) is 10.6 Å². The van der Waals surface area contributed by atoms with Crippen LogP contribution in [0, 0.1) is 6.92 Å². The Morgan fingerprint density at radius 3 is 2.62 bits per heavy atom. The molecule has 0 saturated carbocycles. The average Bonchev–Trinajstić information content (AvgIpc) is 2.83. The Morgan fingerprint density at radius 1 is 1.19 bits per heavy atom. The molecule has 0 unspecified atom stereocenters. The first-order chi connectivity index (χ1) is 7.74. The fourth-order valence-electron chi connectivity index (χ4n) is 1.42. The van der Waals surface area contributed by atoms with Crippen molar-refractivity contribution in [1.29, 1.82) is 0 Å². The van der Waals surface area contributed by atoms with E-state index in [4.69, 9.17) is 11.6 Å². The molecule has 0 fully saturated rings. The number of aromatic nitrogens is 4. The highest BCUT2D eigenvalue weighted by Gasteiger charge is 2.09. The average molecular weight is 251 g/mol. The minimum Gasteiger partial charge on any atom is -0.187 e. The number of hydrogen-bond acceptors (Lipinski definition) is 4. The molecule has 0 aliphatic rings. The van der Waals surface area contributed by atoms with Crippen molar-refractivity contribution in [2.45, 2.75) is 6.92 Å². The van der Waals surface area contributed by atoms with Crippen LogP contribution >= 0.6 is 22.9 Å². The molecule has 0 aliphatic carbocycles. The van der Waals surface area contributed by atoms with E-state index in [-0.39, 0.29) is 0 Å². The molecule has 0 amide bonds. The minimum atomic E-state index is 0.725. The van der Waals surface area contributed by atoms with Crippen LogP contribution in [0.4, 0.5) is 0 Å². The molecule has 2 heterocycles. The summed E-state index contributed by atoms with van der Waals surface area (Å²) in [5.41, 5.74) is 1.04. The number of halogens is 1. The Bertz CT molecular complexity index is 640. The van der Waals surface area contributed by atoms with E-state index in [2.05, 4.69) is 15.3 Å². The highest BCUT2D eigenvalue weighted by Crippen LogP contribution is 2.26. The van der Waals surface area contributed by atoms with Gasteiger partial charge in [-0.15, -0.1) is 10.2 Å². The van der Waals surface area contributed by atoms with Crippen LogP contribution < -0.4 is 0 Å². The predicted octanol–water partition coefficient (Wildman–Crippen LogP) is 2.81. The first kappa shape index (κ1) is 9.74. The molecule has 3 aromatic rings. The molecule has 3 rings (SSSR count). The summed E-state index contributed by atoms with van der Waals surface area (Å²) in [4.78, 5) is 0.808. The minimum absolute atomic E-state index is 0.725. The van der Waals surface area contributed by atoms with Gasteiger partial charge in [-0.1, -0.05) is 35.1 Å². The van der Waals surface area contributed by atoms with E-state index in [1.807, 2.05) is 31.2 Å². The SMILES string of the molecule is Cc1nnc2sc(-c3ccc(Cl)cc3)nn12. The van der Waals surface area contributed by atoms with E-state index in [1.165, 1.54) is 11.3 Å². The first-order valence-electron chi connectivity index (χ1n) is 4.69. The number of benzene rings is 1. The Hall–Kier alpha value is -1.46. The van der Waals surface area contributed by atoms with Crippen molar-refractivity contribution in [2.75, 3.05) is 0 Å². The first-order valence-corrected chi connectivity index (χ1v) is 5.88. The molecule has 0 N–H and O–H groups in total. The van der Waals surface area contributed by atoms with Gasteiger partial charge in [0.15, 0.2) is 5.82 Å². The van der Waals surface area contributed by atoms with Crippen LogP contribution in [-0.4, -0.2) is 19.8 Å². The molecular formula is C10H7ClN4S. The van der Waals surface area contributed by atoms with Crippen LogP contribution in [0.1, 0.15) is 5.82 Å². The van der Waals surface area contributed by atoms with Gasteiger partial charge in [-0.2, -0.15) is 9.61 Å². The largest absolute Gasteiger partial charge is 0.234 e. The number of nitrogens with zero attached hydrogens (tertiary/aromatic N) is 4. The summed E-state index contributed by atoms with van der Waals surface area (Å²) in [5, 5.41) is 14.1. The van der Waals surface area contributed by atoms with Gasteiger partial charge in [0.05, 0.1) is 0 Å². The maximum Gasteiger partial charge on any atom is 0.234 e. The Balaban J connectivity index is 2.15. The lowest BCUT2D eigenvalue weighted by Crippen LogP contribution is -1.88. The third kappa shape index (κ3) is 1.48. The smallest absolute Gasteiger partial charge is 0.187 e. The van der Waals surface area contributed by atoms with Crippen molar-refractivity contribution in [3.8, 4) is 10.6 Å². The number of fused-ring (bicyclic) bond motifs is 1. The molecule has 0 spiro atoms. The molecule has 0 radical (unpaired) electrons. The normalized spacial score (nSPS) is 11.1. The molecule has 0 bridgehead atoms. The fourth-order valence-corrected chi connectivity index (χ4v) is 2.44. The van der Waals surface area contributed by atoms with E-state index in [0.29, 0.717) is 0 Å². The van der Waals surface area contributed by atoms with Gasteiger partial charge < -0.3 is 0 Å². The van der Waals surface area contributed by atoms with Crippen molar-refractivity contribution in [2.24, 2.45) is 0 Å². The van der Waals surface area contributed by atoms with Gasteiger partial charge in [-0.05, 0) is 19.1 Å². The standard InChI is InChI=1S/C10H7ClN4S/c1-6-12-13-10-15(6)14-9(16-10)7-2-4-8(11)5-3-7/h2-5H,1H3. The van der Waals surface area contributed by atoms with Crippen molar-refractivity contribution in [3.63, 3.8) is 0 Å². The Morgan fingerprint density at radius 2 is 1.94 bits per heavy atom. The highest BCUT2D eigenvalue weighted by molar-refractivity contribution is 7.19. The topological polar surface area (TPSA) is 43.1 Å². The molecule has 6 heteroatoms.